The highest BCUT2D eigenvalue weighted by Crippen LogP contribution is 2.18. The molecule has 3 rings (SSSR count). The summed E-state index contributed by atoms with van der Waals surface area (Å²) < 4.78 is 6.50. The van der Waals surface area contributed by atoms with Crippen LogP contribution in [-0.2, 0) is 16.0 Å². The van der Waals surface area contributed by atoms with Crippen LogP contribution in [0.1, 0.15) is 18.4 Å². The predicted molar refractivity (Wildman–Crippen MR) is 98.2 cm³/mol. The van der Waals surface area contributed by atoms with Crippen LogP contribution in [0.2, 0.25) is 0 Å². The number of pyridine rings is 1. The van der Waals surface area contributed by atoms with Crippen LogP contribution in [0.4, 0.5) is 11.5 Å². The molecule has 0 aliphatic carbocycles. The first-order valence-electron chi connectivity index (χ1n) is 8.05. The Hall–Kier alpha value is -1.92. The molecule has 0 bridgehead atoms. The zero-order chi connectivity index (χ0) is 16.8. The highest BCUT2D eigenvalue weighted by atomic mass is 79.9. The van der Waals surface area contributed by atoms with Crippen molar-refractivity contribution < 1.29 is 9.53 Å². The molecular weight excluding hydrogens is 370 g/mol. The van der Waals surface area contributed by atoms with Gasteiger partial charge in [0.15, 0.2) is 0 Å². The molecule has 2 aromatic rings. The lowest BCUT2D eigenvalue weighted by atomic mass is 10.1. The van der Waals surface area contributed by atoms with Crippen LogP contribution in [-0.4, -0.2) is 30.1 Å². The summed E-state index contributed by atoms with van der Waals surface area (Å²) in [7, 11) is 0. The minimum absolute atomic E-state index is 0.0660. The maximum absolute atomic E-state index is 12.1. The molecule has 1 unspecified atom stereocenters. The Morgan fingerprint density at radius 3 is 2.88 bits per heavy atom. The number of anilines is 2. The van der Waals surface area contributed by atoms with E-state index in [1.54, 1.807) is 6.20 Å². The number of nitrogens with one attached hydrogen (secondary N) is 2. The molecule has 2 heterocycles. The van der Waals surface area contributed by atoms with Gasteiger partial charge in [-0.05, 0) is 36.6 Å². The second-order valence-electron chi connectivity index (χ2n) is 5.76. The monoisotopic (exact) mass is 389 g/mol. The van der Waals surface area contributed by atoms with E-state index in [9.17, 15) is 4.79 Å². The van der Waals surface area contributed by atoms with E-state index in [1.807, 2.05) is 36.4 Å². The Morgan fingerprint density at radius 2 is 2.17 bits per heavy atom. The number of rotatable bonds is 6. The summed E-state index contributed by atoms with van der Waals surface area (Å²) >= 11 is 3.45. The van der Waals surface area contributed by atoms with Gasteiger partial charge in [0.05, 0.1) is 24.4 Å². The number of ether oxygens (including phenoxy) is 1. The minimum Gasteiger partial charge on any atom is -0.376 e. The lowest BCUT2D eigenvalue weighted by Gasteiger charge is -2.12. The van der Waals surface area contributed by atoms with E-state index < -0.39 is 0 Å². The standard InChI is InChI=1S/C18H20BrN3O2/c19-16-6-2-1-4-13(16)10-18(23)22-14-7-8-17(20-11-14)21-12-15-5-3-9-24-15/h1-2,4,6-8,11,15H,3,5,9-10,12H2,(H,20,21)(H,22,23). The van der Waals surface area contributed by atoms with Crippen LogP contribution >= 0.6 is 15.9 Å². The summed E-state index contributed by atoms with van der Waals surface area (Å²) in [6, 6.07) is 11.4. The van der Waals surface area contributed by atoms with Crippen molar-refractivity contribution in [3.05, 3.63) is 52.6 Å². The van der Waals surface area contributed by atoms with Gasteiger partial charge in [0.1, 0.15) is 5.82 Å². The van der Waals surface area contributed by atoms with E-state index >= 15 is 0 Å². The molecule has 24 heavy (non-hydrogen) atoms. The molecule has 2 N–H and O–H groups in total. The maximum Gasteiger partial charge on any atom is 0.228 e. The van der Waals surface area contributed by atoms with Crippen molar-refractivity contribution in [2.45, 2.75) is 25.4 Å². The van der Waals surface area contributed by atoms with E-state index in [0.717, 1.165) is 41.8 Å². The highest BCUT2D eigenvalue weighted by Gasteiger charge is 2.15. The fourth-order valence-electron chi connectivity index (χ4n) is 2.62. The number of hydrogen-bond acceptors (Lipinski definition) is 4. The largest absolute Gasteiger partial charge is 0.376 e. The molecule has 0 radical (unpaired) electrons. The number of halogens is 1. The zero-order valence-corrected chi connectivity index (χ0v) is 14.9. The molecular formula is C18H20BrN3O2. The van der Waals surface area contributed by atoms with Gasteiger partial charge >= 0.3 is 0 Å². The molecule has 6 heteroatoms. The third-order valence-corrected chi connectivity index (χ3v) is 4.66. The van der Waals surface area contributed by atoms with E-state index in [1.165, 1.54) is 0 Å². The Morgan fingerprint density at radius 1 is 1.29 bits per heavy atom. The second kappa shape index (κ2) is 8.26. The number of amides is 1. The lowest BCUT2D eigenvalue weighted by molar-refractivity contribution is -0.115. The molecule has 1 aliphatic rings. The number of aromatic nitrogens is 1. The fourth-order valence-corrected chi connectivity index (χ4v) is 3.04. The quantitative estimate of drug-likeness (QED) is 0.791. The second-order valence-corrected chi connectivity index (χ2v) is 6.62. The normalized spacial score (nSPS) is 16.8. The molecule has 0 spiro atoms. The van der Waals surface area contributed by atoms with Gasteiger partial charge < -0.3 is 15.4 Å². The summed E-state index contributed by atoms with van der Waals surface area (Å²) in [6.07, 6.45) is 4.48. The van der Waals surface area contributed by atoms with Crippen LogP contribution in [0.25, 0.3) is 0 Å². The van der Waals surface area contributed by atoms with Crippen molar-refractivity contribution in [1.29, 1.82) is 0 Å². The summed E-state index contributed by atoms with van der Waals surface area (Å²) in [5.41, 5.74) is 1.65. The van der Waals surface area contributed by atoms with Gasteiger partial charge in [-0.15, -0.1) is 0 Å². The van der Waals surface area contributed by atoms with Crippen molar-refractivity contribution >= 4 is 33.3 Å². The Kier molecular flexibility index (Phi) is 5.82. The van der Waals surface area contributed by atoms with E-state index in [0.29, 0.717) is 12.1 Å². The van der Waals surface area contributed by atoms with Crippen molar-refractivity contribution in [1.82, 2.24) is 4.98 Å². The van der Waals surface area contributed by atoms with Gasteiger partial charge in [-0.1, -0.05) is 34.1 Å². The van der Waals surface area contributed by atoms with E-state index in [4.69, 9.17) is 4.74 Å². The molecule has 126 valence electrons. The molecule has 1 fully saturated rings. The van der Waals surface area contributed by atoms with Crippen LogP contribution in [0, 0.1) is 0 Å². The van der Waals surface area contributed by atoms with Gasteiger partial charge in [-0.25, -0.2) is 4.98 Å². The number of carbonyl (C=O) groups is 1. The molecule has 1 amide bonds. The van der Waals surface area contributed by atoms with Crippen molar-refractivity contribution in [3.63, 3.8) is 0 Å². The van der Waals surface area contributed by atoms with Crippen molar-refractivity contribution in [3.8, 4) is 0 Å². The average Bonchev–Trinajstić information content (AvgIpc) is 3.10. The molecule has 0 saturated carbocycles. The topological polar surface area (TPSA) is 63.2 Å². The first-order valence-corrected chi connectivity index (χ1v) is 8.85. The van der Waals surface area contributed by atoms with Crippen LogP contribution in [0.5, 0.6) is 0 Å². The van der Waals surface area contributed by atoms with Crippen molar-refractivity contribution in [2.75, 3.05) is 23.8 Å². The smallest absolute Gasteiger partial charge is 0.228 e. The molecule has 1 atom stereocenters. The third kappa shape index (κ3) is 4.79. The summed E-state index contributed by atoms with van der Waals surface area (Å²) in [4.78, 5) is 16.5. The van der Waals surface area contributed by atoms with Gasteiger partial charge in [0, 0.05) is 17.6 Å². The number of benzene rings is 1. The Labute approximate surface area is 149 Å². The number of nitrogens with zero attached hydrogens (tertiary/aromatic N) is 1. The molecule has 1 aliphatic heterocycles. The number of carbonyl (C=O) groups excluding carboxylic acids is 1. The number of hydrogen-bond donors (Lipinski definition) is 2. The van der Waals surface area contributed by atoms with Gasteiger partial charge in [-0.3, -0.25) is 4.79 Å². The van der Waals surface area contributed by atoms with Crippen molar-refractivity contribution in [2.24, 2.45) is 0 Å². The highest BCUT2D eigenvalue weighted by molar-refractivity contribution is 9.10. The van der Waals surface area contributed by atoms with Gasteiger partial charge in [0.25, 0.3) is 0 Å². The maximum atomic E-state index is 12.1. The van der Waals surface area contributed by atoms with Gasteiger partial charge in [-0.2, -0.15) is 0 Å². The minimum atomic E-state index is -0.0660. The van der Waals surface area contributed by atoms with Gasteiger partial charge in [0.2, 0.25) is 5.91 Å². The SMILES string of the molecule is O=C(Cc1ccccc1Br)Nc1ccc(NCC2CCCO2)nc1. The molecule has 5 nitrogen and oxygen atoms in total. The van der Waals surface area contributed by atoms with Crippen LogP contribution in [0.15, 0.2) is 47.1 Å². The van der Waals surface area contributed by atoms with E-state index in [2.05, 4.69) is 31.5 Å². The lowest BCUT2D eigenvalue weighted by Crippen LogP contribution is -2.19. The summed E-state index contributed by atoms with van der Waals surface area (Å²) in [5.74, 6) is 0.720. The van der Waals surface area contributed by atoms with E-state index in [-0.39, 0.29) is 12.0 Å². The summed E-state index contributed by atoms with van der Waals surface area (Å²) in [6.45, 7) is 1.61. The molecule has 1 saturated heterocycles. The first-order chi connectivity index (χ1) is 11.7. The Balaban J connectivity index is 1.50. The fraction of sp³-hybridized carbons (Fsp3) is 0.333. The first kappa shape index (κ1) is 16.9. The molecule has 1 aromatic heterocycles. The average molecular weight is 390 g/mol. The third-order valence-electron chi connectivity index (χ3n) is 3.89. The van der Waals surface area contributed by atoms with Crippen LogP contribution < -0.4 is 10.6 Å². The molecule has 1 aromatic carbocycles. The zero-order valence-electron chi connectivity index (χ0n) is 13.3. The summed E-state index contributed by atoms with van der Waals surface area (Å²) in [5, 5.41) is 6.13. The van der Waals surface area contributed by atoms with Crippen LogP contribution in [0.3, 0.4) is 0 Å². The predicted octanol–water partition coefficient (Wildman–Crippen LogP) is 3.62. The Bertz CT molecular complexity index is 685.